The zero-order valence-corrected chi connectivity index (χ0v) is 17.3. The number of halogens is 1. The molecule has 146 valence electrons. The van der Waals surface area contributed by atoms with Crippen molar-refractivity contribution in [3.8, 4) is 0 Å². The van der Waals surface area contributed by atoms with Gasteiger partial charge in [-0.15, -0.1) is 0 Å². The molecular formula is C19H29ClN2O4. The summed E-state index contributed by atoms with van der Waals surface area (Å²) in [6, 6.07) is 6.67. The second-order valence-corrected chi connectivity index (χ2v) is 8.05. The number of esters is 1. The molecule has 1 rings (SSSR count). The van der Waals surface area contributed by atoms with Crippen LogP contribution in [-0.4, -0.2) is 37.8 Å². The van der Waals surface area contributed by atoms with Crippen molar-refractivity contribution >= 4 is 29.4 Å². The Morgan fingerprint density at radius 3 is 2.31 bits per heavy atom. The molecule has 1 aromatic carbocycles. The number of anilines is 1. The zero-order valence-electron chi connectivity index (χ0n) is 16.6. The van der Waals surface area contributed by atoms with Gasteiger partial charge < -0.3 is 19.7 Å². The van der Waals surface area contributed by atoms with Crippen LogP contribution in [-0.2, 0) is 14.3 Å². The first kappa shape index (κ1) is 22.1. The molecule has 1 unspecified atom stereocenters. The van der Waals surface area contributed by atoms with E-state index in [0.29, 0.717) is 0 Å². The predicted octanol–water partition coefficient (Wildman–Crippen LogP) is 4.08. The maximum Gasteiger partial charge on any atom is 0.408 e. The third-order valence-corrected chi connectivity index (χ3v) is 3.92. The van der Waals surface area contributed by atoms with E-state index in [-0.39, 0.29) is 6.07 Å². The number of hydrogen-bond donors (Lipinski definition) is 1. The van der Waals surface area contributed by atoms with Crippen molar-refractivity contribution in [2.75, 3.05) is 25.1 Å². The van der Waals surface area contributed by atoms with Gasteiger partial charge in [-0.05, 0) is 52.3 Å². The smallest absolute Gasteiger partial charge is 0.408 e. The highest BCUT2D eigenvalue weighted by atomic mass is 35.5. The molecule has 0 radical (unpaired) electrons. The van der Waals surface area contributed by atoms with Gasteiger partial charge in [0.25, 0.3) is 0 Å². The van der Waals surface area contributed by atoms with Gasteiger partial charge in [-0.25, -0.2) is 4.79 Å². The maximum atomic E-state index is 12.5. The first-order chi connectivity index (χ1) is 11.9. The molecular weight excluding hydrogens is 356 g/mol. The Labute approximate surface area is 160 Å². The van der Waals surface area contributed by atoms with Crippen molar-refractivity contribution in [2.24, 2.45) is 5.41 Å². The summed E-state index contributed by atoms with van der Waals surface area (Å²) >= 11 is 5.55. The van der Waals surface area contributed by atoms with Crippen LogP contribution in [0.1, 0.15) is 46.2 Å². The van der Waals surface area contributed by atoms with Crippen molar-refractivity contribution in [1.82, 2.24) is 5.32 Å². The van der Waals surface area contributed by atoms with E-state index in [1.165, 1.54) is 0 Å². The average Bonchev–Trinajstić information content (AvgIpc) is 2.51. The Hall–Kier alpha value is -1.95. The van der Waals surface area contributed by atoms with E-state index in [2.05, 4.69) is 5.32 Å². The Kier molecular flexibility index (Phi) is 7.33. The fourth-order valence-corrected chi connectivity index (χ4v) is 2.54. The summed E-state index contributed by atoms with van der Waals surface area (Å²) in [7, 11) is 3.84. The zero-order chi connectivity index (χ0) is 20.1. The lowest BCUT2D eigenvalue weighted by atomic mass is 9.80. The Morgan fingerprint density at radius 2 is 1.81 bits per heavy atom. The second-order valence-electron chi connectivity index (χ2n) is 7.83. The van der Waals surface area contributed by atoms with Crippen LogP contribution in [0.4, 0.5) is 10.5 Å². The lowest BCUT2D eigenvalue weighted by Gasteiger charge is -2.34. The van der Waals surface area contributed by atoms with Crippen LogP contribution in [0.15, 0.2) is 24.3 Å². The van der Waals surface area contributed by atoms with Gasteiger partial charge in [0.15, 0.2) is 6.07 Å². The lowest BCUT2D eigenvalue weighted by Crippen LogP contribution is -2.45. The number of amides is 1. The van der Waals surface area contributed by atoms with E-state index in [1.54, 1.807) is 34.6 Å². The molecule has 0 aliphatic heterocycles. The number of carbonyl (C=O) groups is 2. The molecule has 6 nitrogen and oxygen atoms in total. The molecule has 0 fully saturated rings. The van der Waals surface area contributed by atoms with Crippen LogP contribution in [0, 0.1) is 5.41 Å². The van der Waals surface area contributed by atoms with Crippen molar-refractivity contribution in [1.29, 1.82) is 0 Å². The molecule has 0 saturated carbocycles. The lowest BCUT2D eigenvalue weighted by molar-refractivity contribution is -0.153. The van der Waals surface area contributed by atoms with E-state index in [9.17, 15) is 9.59 Å². The van der Waals surface area contributed by atoms with Crippen molar-refractivity contribution in [3.05, 3.63) is 29.8 Å². The third kappa shape index (κ3) is 6.09. The van der Waals surface area contributed by atoms with E-state index in [4.69, 9.17) is 21.1 Å². The van der Waals surface area contributed by atoms with Gasteiger partial charge in [-0.2, -0.15) is 0 Å². The maximum absolute atomic E-state index is 12.5. The molecule has 0 heterocycles. The van der Waals surface area contributed by atoms with E-state index in [1.807, 2.05) is 43.3 Å². The minimum Gasteiger partial charge on any atom is -0.449 e. The number of alkyl halides is 1. The van der Waals surface area contributed by atoms with Gasteiger partial charge in [0.2, 0.25) is 0 Å². The van der Waals surface area contributed by atoms with Crippen molar-refractivity contribution in [2.45, 2.75) is 46.3 Å². The number of benzene rings is 1. The van der Waals surface area contributed by atoms with Crippen LogP contribution in [0.25, 0.3) is 0 Å². The molecule has 0 bridgehead atoms. The Balaban J connectivity index is 3.27. The normalized spacial score (nSPS) is 12.9. The molecule has 1 N–H and O–H groups in total. The molecule has 26 heavy (non-hydrogen) atoms. The van der Waals surface area contributed by atoms with Crippen LogP contribution >= 0.6 is 11.6 Å². The fraction of sp³-hybridized carbons (Fsp3) is 0.579. The number of alkyl carbamates (subject to hydrolysis) is 1. The summed E-state index contributed by atoms with van der Waals surface area (Å²) in [4.78, 5) is 26.8. The summed E-state index contributed by atoms with van der Waals surface area (Å²) in [5, 5.41) is 2.81. The molecule has 0 saturated heterocycles. The SMILES string of the molecule is CN(C)c1cccc(C(NC(=O)OC(C)(C)C)C(C)(C)C(=O)OCCl)c1. The minimum atomic E-state index is -1.06. The van der Waals surface area contributed by atoms with Crippen LogP contribution in [0.2, 0.25) is 0 Å². The fourth-order valence-electron chi connectivity index (χ4n) is 2.44. The van der Waals surface area contributed by atoms with Crippen LogP contribution in [0.3, 0.4) is 0 Å². The number of ether oxygens (including phenoxy) is 2. The largest absolute Gasteiger partial charge is 0.449 e. The van der Waals surface area contributed by atoms with Gasteiger partial charge >= 0.3 is 12.1 Å². The van der Waals surface area contributed by atoms with Gasteiger partial charge in [0.1, 0.15) is 5.60 Å². The number of carbonyl (C=O) groups excluding carboxylic acids is 2. The molecule has 0 spiro atoms. The monoisotopic (exact) mass is 384 g/mol. The highest BCUT2D eigenvalue weighted by molar-refractivity contribution is 6.17. The van der Waals surface area contributed by atoms with E-state index >= 15 is 0 Å². The standard InChI is InChI=1S/C19H29ClN2O4/c1-18(2,3)26-17(24)21-15(19(4,5)16(23)25-12-20)13-9-8-10-14(11-13)22(6)7/h8-11,15H,12H2,1-7H3,(H,21,24). The molecule has 1 amide bonds. The first-order valence-electron chi connectivity index (χ1n) is 8.38. The van der Waals surface area contributed by atoms with Gasteiger partial charge in [-0.3, -0.25) is 4.79 Å². The predicted molar refractivity (Wildman–Crippen MR) is 103 cm³/mol. The van der Waals surface area contributed by atoms with Gasteiger partial charge in [0, 0.05) is 19.8 Å². The van der Waals surface area contributed by atoms with Crippen LogP contribution in [0.5, 0.6) is 0 Å². The summed E-state index contributed by atoms with van der Waals surface area (Å²) in [5.74, 6) is -0.510. The first-order valence-corrected chi connectivity index (χ1v) is 8.92. The summed E-state index contributed by atoms with van der Waals surface area (Å²) in [6.45, 7) is 8.74. The summed E-state index contributed by atoms with van der Waals surface area (Å²) in [6.07, 6.45) is -0.607. The average molecular weight is 385 g/mol. The topological polar surface area (TPSA) is 67.9 Å². The third-order valence-electron chi connectivity index (χ3n) is 3.81. The van der Waals surface area contributed by atoms with E-state index < -0.39 is 29.1 Å². The number of rotatable bonds is 6. The molecule has 1 atom stereocenters. The Morgan fingerprint density at radius 1 is 1.19 bits per heavy atom. The second kappa shape index (κ2) is 8.62. The minimum absolute atomic E-state index is 0.251. The molecule has 1 aromatic rings. The van der Waals surface area contributed by atoms with E-state index in [0.717, 1.165) is 11.3 Å². The number of nitrogens with zero attached hydrogens (tertiary/aromatic N) is 1. The highest BCUT2D eigenvalue weighted by Crippen LogP contribution is 2.36. The number of nitrogens with one attached hydrogen (secondary N) is 1. The summed E-state index contributed by atoms with van der Waals surface area (Å²) in [5.41, 5.74) is -0.00366. The van der Waals surface area contributed by atoms with Crippen molar-refractivity contribution < 1.29 is 19.1 Å². The van der Waals surface area contributed by atoms with Gasteiger partial charge in [-0.1, -0.05) is 23.7 Å². The Bertz CT molecular complexity index is 639. The molecule has 0 aliphatic rings. The van der Waals surface area contributed by atoms with Crippen molar-refractivity contribution in [3.63, 3.8) is 0 Å². The quantitative estimate of drug-likeness (QED) is 0.591. The summed E-state index contributed by atoms with van der Waals surface area (Å²) < 4.78 is 10.4. The molecule has 0 aromatic heterocycles. The molecule has 7 heteroatoms. The highest BCUT2D eigenvalue weighted by Gasteiger charge is 2.41. The molecule has 0 aliphatic carbocycles. The van der Waals surface area contributed by atoms with Gasteiger partial charge in [0.05, 0.1) is 11.5 Å². The number of hydrogen-bond acceptors (Lipinski definition) is 5. The van der Waals surface area contributed by atoms with Crippen LogP contribution < -0.4 is 10.2 Å².